The smallest absolute Gasteiger partial charge is 0.328 e. The molecule has 1 saturated carbocycles. The Bertz CT molecular complexity index is 220. The molecule has 4 heteroatoms. The second kappa shape index (κ2) is 6.58. The normalized spacial score (nSPS) is 27.0. The zero-order chi connectivity index (χ0) is 11.1. The molecule has 0 saturated heterocycles. The van der Waals surface area contributed by atoms with Crippen LogP contribution in [0, 0.1) is 0 Å². The molecular formula is C11H19NO3. The first-order valence-corrected chi connectivity index (χ1v) is 5.38. The summed E-state index contributed by atoms with van der Waals surface area (Å²) in [6, 6.07) is 0.509. The molecule has 86 valence electrons. The maximum absolute atomic E-state index is 10.2. The summed E-state index contributed by atoms with van der Waals surface area (Å²) < 4.78 is 5.28. The van der Waals surface area contributed by atoms with Gasteiger partial charge in [-0.2, -0.15) is 0 Å². The summed E-state index contributed by atoms with van der Waals surface area (Å²) in [5, 5.41) is 11.7. The van der Waals surface area contributed by atoms with Crippen molar-refractivity contribution in [2.24, 2.45) is 0 Å². The van der Waals surface area contributed by atoms with E-state index < -0.39 is 5.97 Å². The summed E-state index contributed by atoms with van der Waals surface area (Å²) in [5.41, 5.74) is 0. The molecule has 0 atom stereocenters. The van der Waals surface area contributed by atoms with Crippen LogP contribution in [0.3, 0.4) is 0 Å². The summed E-state index contributed by atoms with van der Waals surface area (Å²) >= 11 is 0. The molecule has 0 radical (unpaired) electrons. The van der Waals surface area contributed by atoms with E-state index in [1.54, 1.807) is 13.2 Å². The van der Waals surface area contributed by atoms with E-state index >= 15 is 0 Å². The number of hydrogen-bond acceptors (Lipinski definition) is 3. The van der Waals surface area contributed by atoms with Crippen molar-refractivity contribution in [1.29, 1.82) is 0 Å². The lowest BCUT2D eigenvalue weighted by Crippen LogP contribution is -2.35. The van der Waals surface area contributed by atoms with E-state index in [-0.39, 0.29) is 0 Å². The number of carbonyl (C=O) groups is 1. The van der Waals surface area contributed by atoms with Gasteiger partial charge in [0.05, 0.1) is 6.10 Å². The van der Waals surface area contributed by atoms with E-state index in [9.17, 15) is 4.79 Å². The van der Waals surface area contributed by atoms with Crippen LogP contribution in [-0.4, -0.2) is 36.9 Å². The van der Waals surface area contributed by atoms with Crippen molar-refractivity contribution in [3.63, 3.8) is 0 Å². The molecule has 0 amide bonds. The molecule has 1 rings (SSSR count). The van der Waals surface area contributed by atoms with Crippen molar-refractivity contribution in [2.75, 3.05) is 13.7 Å². The van der Waals surface area contributed by atoms with Gasteiger partial charge in [0, 0.05) is 25.8 Å². The molecule has 0 unspecified atom stereocenters. The number of nitrogens with one attached hydrogen (secondary N) is 1. The predicted octanol–water partition coefficient (Wildman–Crippen LogP) is 1.17. The Morgan fingerprint density at radius 1 is 1.47 bits per heavy atom. The van der Waals surface area contributed by atoms with E-state index in [4.69, 9.17) is 9.84 Å². The summed E-state index contributed by atoms with van der Waals surface area (Å²) in [7, 11) is 1.76. The van der Waals surface area contributed by atoms with Gasteiger partial charge < -0.3 is 15.2 Å². The number of carboxylic acid groups (broad SMARTS) is 1. The summed E-state index contributed by atoms with van der Waals surface area (Å²) in [4.78, 5) is 10.2. The fourth-order valence-corrected chi connectivity index (χ4v) is 1.90. The van der Waals surface area contributed by atoms with Crippen LogP contribution in [-0.2, 0) is 9.53 Å². The van der Waals surface area contributed by atoms with Crippen molar-refractivity contribution in [2.45, 2.75) is 37.8 Å². The maximum Gasteiger partial charge on any atom is 0.328 e. The quantitative estimate of drug-likeness (QED) is 0.673. The predicted molar refractivity (Wildman–Crippen MR) is 57.8 cm³/mol. The van der Waals surface area contributed by atoms with Crippen molar-refractivity contribution >= 4 is 5.97 Å². The van der Waals surface area contributed by atoms with Gasteiger partial charge in [-0.25, -0.2) is 4.79 Å². The number of rotatable bonds is 5. The van der Waals surface area contributed by atoms with Crippen molar-refractivity contribution in [3.05, 3.63) is 12.2 Å². The monoisotopic (exact) mass is 213 g/mol. The Hall–Kier alpha value is -0.870. The molecule has 1 fully saturated rings. The molecule has 15 heavy (non-hydrogen) atoms. The van der Waals surface area contributed by atoms with Crippen molar-refractivity contribution < 1.29 is 14.6 Å². The second-order valence-corrected chi connectivity index (χ2v) is 3.86. The van der Waals surface area contributed by atoms with E-state index in [1.165, 1.54) is 6.08 Å². The van der Waals surface area contributed by atoms with Crippen LogP contribution in [0.25, 0.3) is 0 Å². The largest absolute Gasteiger partial charge is 0.478 e. The Morgan fingerprint density at radius 3 is 2.67 bits per heavy atom. The molecule has 1 aliphatic rings. The molecule has 4 nitrogen and oxygen atoms in total. The van der Waals surface area contributed by atoms with Gasteiger partial charge in [-0.1, -0.05) is 6.08 Å². The van der Waals surface area contributed by atoms with Crippen LogP contribution in [0.2, 0.25) is 0 Å². The van der Waals surface area contributed by atoms with Gasteiger partial charge in [-0.05, 0) is 25.7 Å². The van der Waals surface area contributed by atoms with Crippen molar-refractivity contribution in [1.82, 2.24) is 5.32 Å². The van der Waals surface area contributed by atoms with Crippen LogP contribution < -0.4 is 5.32 Å². The highest BCUT2D eigenvalue weighted by Gasteiger charge is 2.19. The Kier molecular flexibility index (Phi) is 5.36. The molecule has 1 aliphatic carbocycles. The van der Waals surface area contributed by atoms with Gasteiger partial charge in [-0.3, -0.25) is 0 Å². The molecule has 0 spiro atoms. The minimum absolute atomic E-state index is 0.414. The molecule has 0 heterocycles. The van der Waals surface area contributed by atoms with Gasteiger partial charge in [0.2, 0.25) is 0 Å². The summed E-state index contributed by atoms with van der Waals surface area (Å²) in [6.07, 6.45) is 7.64. The number of aliphatic carboxylic acids is 1. The lowest BCUT2D eigenvalue weighted by atomic mass is 9.93. The van der Waals surface area contributed by atoms with E-state index in [0.29, 0.717) is 18.7 Å². The number of ether oxygens (including phenoxy) is 1. The Morgan fingerprint density at radius 2 is 2.13 bits per heavy atom. The maximum atomic E-state index is 10.2. The van der Waals surface area contributed by atoms with Gasteiger partial charge in [0.15, 0.2) is 0 Å². The standard InChI is InChI=1S/C11H19NO3/c1-15-10-6-4-9(5-7-10)12-8-2-3-11(13)14/h2-3,9-10,12H,4-8H2,1H3,(H,13,14)/b3-2+. The highest BCUT2D eigenvalue weighted by Crippen LogP contribution is 2.20. The Balaban J connectivity index is 2.11. The summed E-state index contributed by atoms with van der Waals surface area (Å²) in [5.74, 6) is -0.889. The third-order valence-electron chi connectivity index (χ3n) is 2.79. The highest BCUT2D eigenvalue weighted by molar-refractivity contribution is 5.79. The molecular weight excluding hydrogens is 194 g/mol. The number of methoxy groups -OCH3 is 1. The van der Waals surface area contributed by atoms with Crippen LogP contribution >= 0.6 is 0 Å². The number of hydrogen-bond donors (Lipinski definition) is 2. The molecule has 0 aromatic rings. The van der Waals surface area contributed by atoms with Crippen LogP contribution in [0.15, 0.2) is 12.2 Å². The topological polar surface area (TPSA) is 58.6 Å². The van der Waals surface area contributed by atoms with Gasteiger partial charge in [0.25, 0.3) is 0 Å². The molecule has 0 aromatic carbocycles. The second-order valence-electron chi connectivity index (χ2n) is 3.86. The van der Waals surface area contributed by atoms with Crippen molar-refractivity contribution in [3.8, 4) is 0 Å². The van der Waals surface area contributed by atoms with Gasteiger partial charge >= 0.3 is 5.97 Å². The SMILES string of the molecule is COC1CCC(NC/C=C/C(=O)O)CC1. The highest BCUT2D eigenvalue weighted by atomic mass is 16.5. The molecule has 0 bridgehead atoms. The average Bonchev–Trinajstić information content (AvgIpc) is 2.25. The zero-order valence-corrected chi connectivity index (χ0v) is 9.11. The fraction of sp³-hybridized carbons (Fsp3) is 0.727. The third kappa shape index (κ3) is 4.95. The first kappa shape index (κ1) is 12.2. The first-order chi connectivity index (χ1) is 7.22. The van der Waals surface area contributed by atoms with E-state index in [2.05, 4.69) is 5.32 Å². The van der Waals surface area contributed by atoms with E-state index in [0.717, 1.165) is 25.7 Å². The zero-order valence-electron chi connectivity index (χ0n) is 9.11. The fourth-order valence-electron chi connectivity index (χ4n) is 1.90. The van der Waals surface area contributed by atoms with E-state index in [1.807, 2.05) is 0 Å². The molecule has 0 aromatic heterocycles. The van der Waals surface area contributed by atoms with Gasteiger partial charge in [0.1, 0.15) is 0 Å². The lowest BCUT2D eigenvalue weighted by molar-refractivity contribution is -0.131. The Labute approximate surface area is 90.3 Å². The van der Waals surface area contributed by atoms with Gasteiger partial charge in [-0.15, -0.1) is 0 Å². The average molecular weight is 213 g/mol. The van der Waals surface area contributed by atoms with Crippen LogP contribution in [0.5, 0.6) is 0 Å². The molecule has 2 N–H and O–H groups in total. The molecule has 0 aliphatic heterocycles. The third-order valence-corrected chi connectivity index (χ3v) is 2.79. The minimum atomic E-state index is -0.889. The lowest BCUT2D eigenvalue weighted by Gasteiger charge is -2.27. The van der Waals surface area contributed by atoms with Crippen LogP contribution in [0.4, 0.5) is 0 Å². The minimum Gasteiger partial charge on any atom is -0.478 e. The van der Waals surface area contributed by atoms with Crippen LogP contribution in [0.1, 0.15) is 25.7 Å². The number of carboxylic acids is 1. The summed E-state index contributed by atoms with van der Waals surface area (Å²) in [6.45, 7) is 0.634. The first-order valence-electron chi connectivity index (χ1n) is 5.38.